The molecule has 0 unspecified atom stereocenters. The van der Waals surface area contributed by atoms with Crippen LogP contribution >= 0.6 is 0 Å². The molecule has 0 radical (unpaired) electrons. The maximum Gasteiger partial charge on any atom is 0.322 e. The van der Waals surface area contributed by atoms with Gasteiger partial charge in [0.15, 0.2) is 0 Å². The van der Waals surface area contributed by atoms with Crippen molar-refractivity contribution in [3.63, 3.8) is 0 Å². The number of imidazole rings is 1. The first-order valence-corrected chi connectivity index (χ1v) is 9.19. The van der Waals surface area contributed by atoms with Crippen LogP contribution < -0.4 is 10.2 Å². The third kappa shape index (κ3) is 2.68. The highest BCUT2D eigenvalue weighted by Gasteiger charge is 2.33. The lowest BCUT2D eigenvalue weighted by atomic mass is 10.1. The van der Waals surface area contributed by atoms with Crippen LogP contribution in [-0.2, 0) is 6.54 Å². The van der Waals surface area contributed by atoms with Gasteiger partial charge in [-0.2, -0.15) is 4.98 Å². The molecule has 1 saturated carbocycles. The molecule has 1 aromatic carbocycles. The standard InChI is InChI=1S/C19H20N6O2/c1-11(2)21-19(26)24-9-15-16(17-22-18(27-23-17)12-7-8-12)20-10-25(15)14-6-4-3-5-13(14)24/h3-6,10-12H,7-9H2,1-2H3,(H,21,26). The Balaban J connectivity index is 1.58. The number of nitrogens with zero attached hydrogens (tertiary/aromatic N) is 5. The van der Waals surface area contributed by atoms with Gasteiger partial charge in [0.25, 0.3) is 0 Å². The van der Waals surface area contributed by atoms with Crippen LogP contribution in [0.15, 0.2) is 35.1 Å². The number of hydrogen-bond acceptors (Lipinski definition) is 5. The third-order valence-corrected chi connectivity index (χ3v) is 4.84. The molecule has 5 rings (SSSR count). The fourth-order valence-corrected chi connectivity index (χ4v) is 3.38. The molecule has 0 saturated heterocycles. The molecule has 3 aromatic rings. The zero-order chi connectivity index (χ0) is 18.5. The molecule has 1 fully saturated rings. The molecule has 3 heterocycles. The summed E-state index contributed by atoms with van der Waals surface area (Å²) in [5.74, 6) is 1.55. The summed E-state index contributed by atoms with van der Waals surface area (Å²) in [5.41, 5.74) is 3.28. The SMILES string of the molecule is CC(C)NC(=O)N1Cc2c(-c3noc(C4CC4)n3)ncn2-c2ccccc21. The molecule has 1 aliphatic carbocycles. The van der Waals surface area contributed by atoms with Crippen molar-refractivity contribution in [1.29, 1.82) is 0 Å². The van der Waals surface area contributed by atoms with Gasteiger partial charge in [-0.15, -0.1) is 0 Å². The minimum absolute atomic E-state index is 0.0503. The molecule has 0 bridgehead atoms. The van der Waals surface area contributed by atoms with Crippen molar-refractivity contribution in [1.82, 2.24) is 25.0 Å². The number of amides is 2. The van der Waals surface area contributed by atoms with Crippen LogP contribution in [0, 0.1) is 0 Å². The lowest BCUT2D eigenvalue weighted by Crippen LogP contribution is -2.44. The Labute approximate surface area is 156 Å². The summed E-state index contributed by atoms with van der Waals surface area (Å²) in [4.78, 5) is 23.6. The van der Waals surface area contributed by atoms with Crippen molar-refractivity contribution < 1.29 is 9.32 Å². The number of para-hydroxylation sites is 2. The number of urea groups is 1. The lowest BCUT2D eigenvalue weighted by Gasteiger charge is -2.31. The van der Waals surface area contributed by atoms with Gasteiger partial charge in [-0.1, -0.05) is 17.3 Å². The third-order valence-electron chi connectivity index (χ3n) is 4.84. The second kappa shape index (κ2) is 5.94. The molecule has 1 N–H and O–H groups in total. The van der Waals surface area contributed by atoms with Crippen LogP contribution in [0.3, 0.4) is 0 Å². The molecule has 0 atom stereocenters. The molecule has 2 aromatic heterocycles. The topological polar surface area (TPSA) is 89.1 Å². The summed E-state index contributed by atoms with van der Waals surface area (Å²) in [6.07, 6.45) is 3.95. The number of fused-ring (bicyclic) bond motifs is 3. The van der Waals surface area contributed by atoms with E-state index < -0.39 is 0 Å². The summed E-state index contributed by atoms with van der Waals surface area (Å²) in [6, 6.07) is 7.71. The van der Waals surface area contributed by atoms with E-state index >= 15 is 0 Å². The van der Waals surface area contributed by atoms with E-state index in [1.54, 1.807) is 11.2 Å². The van der Waals surface area contributed by atoms with E-state index in [1.807, 2.05) is 42.7 Å². The maximum absolute atomic E-state index is 12.8. The van der Waals surface area contributed by atoms with Gasteiger partial charge in [-0.05, 0) is 38.8 Å². The Bertz CT molecular complexity index is 1020. The number of aromatic nitrogens is 4. The van der Waals surface area contributed by atoms with Crippen LogP contribution in [-0.4, -0.2) is 31.8 Å². The zero-order valence-electron chi connectivity index (χ0n) is 15.2. The minimum Gasteiger partial charge on any atom is -0.339 e. The van der Waals surface area contributed by atoms with Crippen molar-refractivity contribution in [2.75, 3.05) is 4.90 Å². The normalized spacial score (nSPS) is 15.6. The molecule has 2 amide bonds. The van der Waals surface area contributed by atoms with Gasteiger partial charge in [0, 0.05) is 12.0 Å². The van der Waals surface area contributed by atoms with Gasteiger partial charge in [-0.25, -0.2) is 9.78 Å². The van der Waals surface area contributed by atoms with Gasteiger partial charge < -0.3 is 9.84 Å². The first kappa shape index (κ1) is 16.0. The van der Waals surface area contributed by atoms with Crippen LogP contribution in [0.4, 0.5) is 10.5 Å². The van der Waals surface area contributed by atoms with Crippen molar-refractivity contribution in [2.45, 2.75) is 45.2 Å². The quantitative estimate of drug-likeness (QED) is 0.771. The lowest BCUT2D eigenvalue weighted by molar-refractivity contribution is 0.243. The molecular formula is C19H20N6O2. The van der Waals surface area contributed by atoms with Crippen molar-refractivity contribution in [3.05, 3.63) is 42.2 Å². The van der Waals surface area contributed by atoms with E-state index in [0.29, 0.717) is 29.9 Å². The zero-order valence-corrected chi connectivity index (χ0v) is 15.2. The van der Waals surface area contributed by atoms with E-state index in [2.05, 4.69) is 20.4 Å². The smallest absolute Gasteiger partial charge is 0.322 e. The molecule has 8 nitrogen and oxygen atoms in total. The van der Waals surface area contributed by atoms with E-state index in [0.717, 1.165) is 29.9 Å². The molecule has 27 heavy (non-hydrogen) atoms. The second-order valence-electron chi connectivity index (χ2n) is 7.32. The Kier molecular flexibility index (Phi) is 3.53. The first-order valence-electron chi connectivity index (χ1n) is 9.19. The number of hydrogen-bond donors (Lipinski definition) is 1. The predicted molar refractivity (Wildman–Crippen MR) is 98.7 cm³/mol. The van der Waals surface area contributed by atoms with E-state index in [9.17, 15) is 4.79 Å². The molecule has 0 spiro atoms. The van der Waals surface area contributed by atoms with Crippen LogP contribution in [0.1, 0.15) is 44.2 Å². The predicted octanol–water partition coefficient (Wildman–Crippen LogP) is 3.24. The maximum atomic E-state index is 12.8. The number of rotatable bonds is 3. The monoisotopic (exact) mass is 364 g/mol. The van der Waals surface area contributed by atoms with Gasteiger partial charge in [0.1, 0.15) is 12.0 Å². The first-order chi connectivity index (χ1) is 13.1. The van der Waals surface area contributed by atoms with Crippen LogP contribution in [0.5, 0.6) is 0 Å². The molecule has 1 aliphatic heterocycles. The van der Waals surface area contributed by atoms with E-state index in [-0.39, 0.29) is 12.1 Å². The summed E-state index contributed by atoms with van der Waals surface area (Å²) < 4.78 is 7.39. The molecule has 8 heteroatoms. The Morgan fingerprint density at radius 1 is 1.26 bits per heavy atom. The fourth-order valence-electron chi connectivity index (χ4n) is 3.38. The molecule has 2 aliphatic rings. The average Bonchev–Trinajstić information content (AvgIpc) is 3.23. The van der Waals surface area contributed by atoms with Crippen LogP contribution in [0.2, 0.25) is 0 Å². The number of anilines is 1. The van der Waals surface area contributed by atoms with Crippen LogP contribution in [0.25, 0.3) is 17.2 Å². The fraction of sp³-hybridized carbons (Fsp3) is 0.368. The number of nitrogens with one attached hydrogen (secondary N) is 1. The Morgan fingerprint density at radius 3 is 2.78 bits per heavy atom. The number of benzene rings is 1. The van der Waals surface area contributed by atoms with Gasteiger partial charge in [0.2, 0.25) is 11.7 Å². The van der Waals surface area contributed by atoms with Crippen molar-refractivity contribution in [2.24, 2.45) is 0 Å². The highest BCUT2D eigenvalue weighted by Crippen LogP contribution is 2.40. The molecular weight excluding hydrogens is 344 g/mol. The van der Waals surface area contributed by atoms with E-state index in [4.69, 9.17) is 4.52 Å². The minimum atomic E-state index is -0.136. The van der Waals surface area contributed by atoms with E-state index in [1.165, 1.54) is 0 Å². The second-order valence-corrected chi connectivity index (χ2v) is 7.32. The van der Waals surface area contributed by atoms with Gasteiger partial charge in [0.05, 0.1) is 23.6 Å². The highest BCUT2D eigenvalue weighted by molar-refractivity contribution is 5.95. The number of carbonyl (C=O) groups is 1. The molecule has 138 valence electrons. The number of carbonyl (C=O) groups excluding carboxylic acids is 1. The average molecular weight is 364 g/mol. The van der Waals surface area contributed by atoms with Gasteiger partial charge >= 0.3 is 6.03 Å². The Morgan fingerprint density at radius 2 is 2.04 bits per heavy atom. The highest BCUT2D eigenvalue weighted by atomic mass is 16.5. The van der Waals surface area contributed by atoms with Gasteiger partial charge in [-0.3, -0.25) is 9.47 Å². The summed E-state index contributed by atoms with van der Waals surface area (Å²) in [7, 11) is 0. The summed E-state index contributed by atoms with van der Waals surface area (Å²) in [5, 5.41) is 7.09. The van der Waals surface area contributed by atoms with Crippen molar-refractivity contribution in [3.8, 4) is 17.2 Å². The van der Waals surface area contributed by atoms with Crippen molar-refractivity contribution >= 4 is 11.7 Å². The largest absolute Gasteiger partial charge is 0.339 e. The Hall–Kier alpha value is -3.16. The summed E-state index contributed by atoms with van der Waals surface area (Å²) in [6.45, 7) is 4.28. The summed E-state index contributed by atoms with van der Waals surface area (Å²) >= 11 is 0.